The van der Waals surface area contributed by atoms with Gasteiger partial charge >= 0.3 is 0 Å². The molecular formula is C15H18N2O2S. The van der Waals surface area contributed by atoms with Crippen LogP contribution >= 0.6 is 0 Å². The van der Waals surface area contributed by atoms with Crippen LogP contribution < -0.4 is 4.72 Å². The Hall–Kier alpha value is -1.46. The van der Waals surface area contributed by atoms with Crippen molar-refractivity contribution in [2.45, 2.75) is 43.5 Å². The van der Waals surface area contributed by atoms with Crippen LogP contribution in [0.5, 0.6) is 0 Å². The molecule has 106 valence electrons. The van der Waals surface area contributed by atoms with E-state index in [-0.39, 0.29) is 6.04 Å². The molecule has 1 fully saturated rings. The van der Waals surface area contributed by atoms with Gasteiger partial charge in [-0.2, -0.15) is 0 Å². The van der Waals surface area contributed by atoms with Crippen molar-refractivity contribution in [3.8, 4) is 0 Å². The summed E-state index contributed by atoms with van der Waals surface area (Å²) in [6.07, 6.45) is 5.76. The molecule has 1 heterocycles. The van der Waals surface area contributed by atoms with E-state index in [1.54, 1.807) is 18.3 Å². The summed E-state index contributed by atoms with van der Waals surface area (Å²) in [6, 6.07) is 7.16. The summed E-state index contributed by atoms with van der Waals surface area (Å²) < 4.78 is 28.0. The van der Waals surface area contributed by atoms with Crippen molar-refractivity contribution in [2.24, 2.45) is 0 Å². The zero-order chi connectivity index (χ0) is 14.2. The van der Waals surface area contributed by atoms with Crippen LogP contribution in [0.3, 0.4) is 0 Å². The number of aryl methyl sites for hydroxylation is 1. The van der Waals surface area contributed by atoms with Crippen LogP contribution in [0, 0.1) is 6.92 Å². The summed E-state index contributed by atoms with van der Waals surface area (Å²) in [5.74, 6) is 0. The van der Waals surface area contributed by atoms with Crippen molar-refractivity contribution in [1.82, 2.24) is 9.71 Å². The number of nitrogens with one attached hydrogen (secondary N) is 1. The van der Waals surface area contributed by atoms with Gasteiger partial charge in [0.25, 0.3) is 0 Å². The fraction of sp³-hybridized carbons (Fsp3) is 0.400. The molecule has 0 bridgehead atoms. The molecule has 1 aliphatic rings. The number of nitrogens with zero attached hydrogens (tertiary/aromatic N) is 1. The van der Waals surface area contributed by atoms with E-state index in [0.29, 0.717) is 10.3 Å². The number of sulfonamides is 1. The summed E-state index contributed by atoms with van der Waals surface area (Å²) >= 11 is 0. The highest BCUT2D eigenvalue weighted by molar-refractivity contribution is 7.89. The molecule has 0 radical (unpaired) electrons. The standard InChI is InChI=1S/C15H18N2O2S/c1-11-8-9-14(13-7-4-10-16-15(11)13)20(18,19)17-12-5-2-3-6-12/h4,7-10,12,17H,2-3,5-6H2,1H3. The fourth-order valence-electron chi connectivity index (χ4n) is 2.85. The molecule has 1 aromatic carbocycles. The predicted octanol–water partition coefficient (Wildman–Crippen LogP) is 2.76. The van der Waals surface area contributed by atoms with E-state index in [1.807, 2.05) is 19.1 Å². The molecule has 1 saturated carbocycles. The van der Waals surface area contributed by atoms with E-state index in [9.17, 15) is 8.42 Å². The lowest BCUT2D eigenvalue weighted by molar-refractivity contribution is 0.553. The van der Waals surface area contributed by atoms with E-state index in [0.717, 1.165) is 36.8 Å². The van der Waals surface area contributed by atoms with Gasteiger partial charge < -0.3 is 0 Å². The second-order valence-electron chi connectivity index (χ2n) is 5.38. The third-order valence-corrected chi connectivity index (χ3v) is 5.48. The Morgan fingerprint density at radius 2 is 1.95 bits per heavy atom. The van der Waals surface area contributed by atoms with Gasteiger partial charge in [-0.3, -0.25) is 4.98 Å². The molecule has 5 heteroatoms. The fourth-order valence-corrected chi connectivity index (χ4v) is 4.35. The minimum Gasteiger partial charge on any atom is -0.256 e. The van der Waals surface area contributed by atoms with Gasteiger partial charge in [0.05, 0.1) is 10.4 Å². The van der Waals surface area contributed by atoms with E-state index < -0.39 is 10.0 Å². The van der Waals surface area contributed by atoms with Gasteiger partial charge in [0, 0.05) is 17.6 Å². The lowest BCUT2D eigenvalue weighted by atomic mass is 10.1. The molecule has 0 spiro atoms. The first-order valence-electron chi connectivity index (χ1n) is 6.94. The minimum atomic E-state index is -3.48. The van der Waals surface area contributed by atoms with Crippen molar-refractivity contribution in [2.75, 3.05) is 0 Å². The summed E-state index contributed by atoms with van der Waals surface area (Å²) in [5.41, 5.74) is 1.74. The smallest absolute Gasteiger partial charge is 0.241 e. The Labute approximate surface area is 119 Å². The SMILES string of the molecule is Cc1ccc(S(=O)(=O)NC2CCCC2)c2cccnc12. The first kappa shape index (κ1) is 13.5. The second kappa shape index (κ2) is 5.14. The second-order valence-corrected chi connectivity index (χ2v) is 7.07. The van der Waals surface area contributed by atoms with E-state index >= 15 is 0 Å². The Balaban J connectivity index is 2.07. The van der Waals surface area contributed by atoms with Gasteiger partial charge in [-0.15, -0.1) is 0 Å². The van der Waals surface area contributed by atoms with Crippen molar-refractivity contribution in [1.29, 1.82) is 0 Å². The molecule has 2 aromatic rings. The van der Waals surface area contributed by atoms with Crippen LogP contribution in [0.15, 0.2) is 35.4 Å². The highest BCUT2D eigenvalue weighted by Crippen LogP contribution is 2.26. The Morgan fingerprint density at radius 3 is 2.70 bits per heavy atom. The average molecular weight is 290 g/mol. The molecule has 3 rings (SSSR count). The predicted molar refractivity (Wildman–Crippen MR) is 79.1 cm³/mol. The van der Waals surface area contributed by atoms with Crippen LogP contribution in [0.4, 0.5) is 0 Å². The van der Waals surface area contributed by atoms with Crippen molar-refractivity contribution in [3.05, 3.63) is 36.0 Å². The quantitative estimate of drug-likeness (QED) is 0.945. The Kier molecular flexibility index (Phi) is 3.48. The molecule has 0 aliphatic heterocycles. The summed E-state index contributed by atoms with van der Waals surface area (Å²) in [6.45, 7) is 1.94. The van der Waals surface area contributed by atoms with Crippen LogP contribution in [0.2, 0.25) is 0 Å². The van der Waals surface area contributed by atoms with Gasteiger partial charge in [-0.1, -0.05) is 18.9 Å². The molecule has 1 aliphatic carbocycles. The monoisotopic (exact) mass is 290 g/mol. The van der Waals surface area contributed by atoms with Gasteiger partial charge in [-0.05, 0) is 43.5 Å². The Morgan fingerprint density at radius 1 is 1.20 bits per heavy atom. The van der Waals surface area contributed by atoms with Gasteiger partial charge in [-0.25, -0.2) is 13.1 Å². The zero-order valence-corrected chi connectivity index (χ0v) is 12.3. The molecule has 0 amide bonds. The van der Waals surface area contributed by atoms with Gasteiger partial charge in [0.1, 0.15) is 0 Å². The highest BCUT2D eigenvalue weighted by atomic mass is 32.2. The Bertz CT molecular complexity index is 735. The van der Waals surface area contributed by atoms with Crippen LogP contribution in [0.1, 0.15) is 31.2 Å². The van der Waals surface area contributed by atoms with Crippen molar-refractivity contribution in [3.63, 3.8) is 0 Å². The maximum atomic E-state index is 12.6. The maximum Gasteiger partial charge on any atom is 0.241 e. The highest BCUT2D eigenvalue weighted by Gasteiger charge is 2.24. The normalized spacial score (nSPS) is 16.9. The maximum absolute atomic E-state index is 12.6. The first-order chi connectivity index (χ1) is 9.58. The number of rotatable bonds is 3. The van der Waals surface area contributed by atoms with Crippen molar-refractivity contribution < 1.29 is 8.42 Å². The van der Waals surface area contributed by atoms with E-state index in [1.165, 1.54) is 0 Å². The summed E-state index contributed by atoms with van der Waals surface area (Å²) in [5, 5.41) is 0.693. The molecule has 4 nitrogen and oxygen atoms in total. The summed E-state index contributed by atoms with van der Waals surface area (Å²) in [7, 11) is -3.48. The minimum absolute atomic E-state index is 0.0769. The molecule has 0 atom stereocenters. The van der Waals surface area contributed by atoms with Gasteiger partial charge in [0.2, 0.25) is 10.0 Å². The average Bonchev–Trinajstić information content (AvgIpc) is 2.91. The number of aromatic nitrogens is 1. The number of hydrogen-bond acceptors (Lipinski definition) is 3. The number of pyridine rings is 1. The molecule has 0 unspecified atom stereocenters. The lowest BCUT2D eigenvalue weighted by Crippen LogP contribution is -2.32. The number of hydrogen-bond donors (Lipinski definition) is 1. The van der Waals surface area contributed by atoms with E-state index in [4.69, 9.17) is 0 Å². The van der Waals surface area contributed by atoms with Crippen LogP contribution in [0.25, 0.3) is 10.9 Å². The molecule has 1 N–H and O–H groups in total. The molecule has 20 heavy (non-hydrogen) atoms. The topological polar surface area (TPSA) is 59.1 Å². The third kappa shape index (κ3) is 2.43. The number of benzene rings is 1. The molecular weight excluding hydrogens is 272 g/mol. The summed E-state index contributed by atoms with van der Waals surface area (Å²) in [4.78, 5) is 4.63. The van der Waals surface area contributed by atoms with Crippen LogP contribution in [-0.2, 0) is 10.0 Å². The zero-order valence-electron chi connectivity index (χ0n) is 11.5. The first-order valence-corrected chi connectivity index (χ1v) is 8.43. The lowest BCUT2D eigenvalue weighted by Gasteiger charge is -2.14. The molecule has 0 saturated heterocycles. The molecule has 1 aromatic heterocycles. The van der Waals surface area contributed by atoms with Gasteiger partial charge in [0.15, 0.2) is 0 Å². The number of fused-ring (bicyclic) bond motifs is 1. The van der Waals surface area contributed by atoms with Crippen molar-refractivity contribution >= 4 is 20.9 Å². The third-order valence-electron chi connectivity index (χ3n) is 3.90. The largest absolute Gasteiger partial charge is 0.256 e. The van der Waals surface area contributed by atoms with E-state index in [2.05, 4.69) is 9.71 Å². The van der Waals surface area contributed by atoms with Crippen LogP contribution in [-0.4, -0.2) is 19.4 Å².